The maximum atomic E-state index is 6.78. The molecule has 266 valence electrons. The van der Waals surface area contributed by atoms with Gasteiger partial charge in [0.15, 0.2) is 23.3 Å². The van der Waals surface area contributed by atoms with Crippen LogP contribution in [0.15, 0.2) is 173 Å². The van der Waals surface area contributed by atoms with E-state index >= 15 is 0 Å². The second-order valence-corrected chi connectivity index (χ2v) is 15.0. The van der Waals surface area contributed by atoms with E-state index in [-0.39, 0.29) is 0 Å². The van der Waals surface area contributed by atoms with E-state index in [0.29, 0.717) is 34.5 Å². The highest BCUT2D eigenvalue weighted by atomic mass is 32.1. The van der Waals surface area contributed by atoms with E-state index < -0.39 is 0 Å². The third-order valence-electron chi connectivity index (χ3n) is 10.6. The SMILES string of the molecule is c1ccc(-c2nc(-c3cccc4c3oc3ccccc34)nc(-c3cccc4oc5c(-c6nc(-c7ccccc7)c7sc8ccccc8c7n6)cccc5c34)n2)cc1. The van der Waals surface area contributed by atoms with E-state index in [4.69, 9.17) is 33.8 Å². The van der Waals surface area contributed by atoms with E-state index in [0.717, 1.165) is 81.8 Å². The van der Waals surface area contributed by atoms with Crippen LogP contribution in [0.4, 0.5) is 0 Å². The van der Waals surface area contributed by atoms with E-state index in [2.05, 4.69) is 54.6 Å². The molecule has 0 aliphatic heterocycles. The Kier molecular flexibility index (Phi) is 6.96. The Hall–Kier alpha value is -7.55. The zero-order valence-corrected chi connectivity index (χ0v) is 30.9. The molecule has 0 fully saturated rings. The normalized spacial score (nSPS) is 11.9. The van der Waals surface area contributed by atoms with Crippen LogP contribution in [-0.4, -0.2) is 24.9 Å². The summed E-state index contributed by atoms with van der Waals surface area (Å²) in [4.78, 5) is 25.9. The van der Waals surface area contributed by atoms with Crippen molar-refractivity contribution in [3.63, 3.8) is 0 Å². The van der Waals surface area contributed by atoms with Gasteiger partial charge in [-0.15, -0.1) is 11.3 Å². The molecule has 5 heterocycles. The second-order valence-electron chi connectivity index (χ2n) is 14.0. The number of hydrogen-bond donors (Lipinski definition) is 0. The fourth-order valence-corrected chi connectivity index (χ4v) is 9.12. The van der Waals surface area contributed by atoms with Crippen molar-refractivity contribution in [3.05, 3.63) is 164 Å². The average molecular weight is 750 g/mol. The van der Waals surface area contributed by atoms with Crippen molar-refractivity contribution in [1.82, 2.24) is 24.9 Å². The number of benzene rings is 7. The van der Waals surface area contributed by atoms with Gasteiger partial charge in [0.25, 0.3) is 0 Å². The smallest absolute Gasteiger partial charge is 0.167 e. The van der Waals surface area contributed by atoms with Gasteiger partial charge in [-0.25, -0.2) is 24.9 Å². The molecule has 0 saturated heterocycles. The van der Waals surface area contributed by atoms with Crippen molar-refractivity contribution in [2.75, 3.05) is 0 Å². The molecule has 12 rings (SSSR count). The molecular formula is C49H27N5O2S. The van der Waals surface area contributed by atoms with Crippen LogP contribution in [-0.2, 0) is 0 Å². The molecule has 0 N–H and O–H groups in total. The highest BCUT2D eigenvalue weighted by Gasteiger charge is 2.23. The Morgan fingerprint density at radius 2 is 0.912 bits per heavy atom. The lowest BCUT2D eigenvalue weighted by molar-refractivity contribution is 0.669. The van der Waals surface area contributed by atoms with Gasteiger partial charge in [0.2, 0.25) is 0 Å². The van der Waals surface area contributed by atoms with Gasteiger partial charge in [0, 0.05) is 48.3 Å². The highest BCUT2D eigenvalue weighted by molar-refractivity contribution is 7.26. The first-order valence-corrected chi connectivity index (χ1v) is 19.5. The summed E-state index contributed by atoms with van der Waals surface area (Å²) in [7, 11) is 0. The molecule has 0 radical (unpaired) electrons. The summed E-state index contributed by atoms with van der Waals surface area (Å²) in [6, 6.07) is 55.1. The predicted molar refractivity (Wildman–Crippen MR) is 230 cm³/mol. The summed E-state index contributed by atoms with van der Waals surface area (Å²) in [5, 5.41) is 4.98. The number of furan rings is 2. The van der Waals surface area contributed by atoms with Gasteiger partial charge >= 0.3 is 0 Å². The van der Waals surface area contributed by atoms with E-state index in [1.165, 1.54) is 4.70 Å². The van der Waals surface area contributed by atoms with Crippen molar-refractivity contribution in [2.45, 2.75) is 0 Å². The summed E-state index contributed by atoms with van der Waals surface area (Å²) in [6.45, 7) is 0. The van der Waals surface area contributed by atoms with Crippen LogP contribution in [0.3, 0.4) is 0 Å². The number of rotatable bonds is 5. The zero-order valence-electron chi connectivity index (χ0n) is 30.0. The minimum Gasteiger partial charge on any atom is -0.455 e. The van der Waals surface area contributed by atoms with Crippen LogP contribution < -0.4 is 0 Å². The first-order chi connectivity index (χ1) is 28.2. The van der Waals surface area contributed by atoms with Crippen LogP contribution in [0.1, 0.15) is 0 Å². The van der Waals surface area contributed by atoms with E-state index in [1.807, 2.05) is 109 Å². The Labute approximate surface area is 328 Å². The van der Waals surface area contributed by atoms with Crippen molar-refractivity contribution >= 4 is 75.5 Å². The van der Waals surface area contributed by atoms with Gasteiger partial charge in [0.05, 0.1) is 27.0 Å². The summed E-state index contributed by atoms with van der Waals surface area (Å²) < 4.78 is 15.5. The Morgan fingerprint density at radius 3 is 1.72 bits per heavy atom. The van der Waals surface area contributed by atoms with Crippen molar-refractivity contribution in [2.24, 2.45) is 0 Å². The minimum atomic E-state index is 0.520. The number of thiophene rings is 1. The van der Waals surface area contributed by atoms with Crippen molar-refractivity contribution in [1.29, 1.82) is 0 Å². The van der Waals surface area contributed by atoms with Crippen LogP contribution in [0.2, 0.25) is 0 Å². The molecule has 0 atom stereocenters. The number of fused-ring (bicyclic) bond motifs is 9. The topological polar surface area (TPSA) is 90.7 Å². The van der Waals surface area contributed by atoms with Crippen LogP contribution >= 0.6 is 11.3 Å². The predicted octanol–water partition coefficient (Wildman–Crippen LogP) is 13.2. The van der Waals surface area contributed by atoms with Gasteiger partial charge in [-0.3, -0.25) is 0 Å². The molecule has 0 saturated carbocycles. The third kappa shape index (κ3) is 5.01. The molecule has 7 nitrogen and oxygen atoms in total. The molecule has 0 unspecified atom stereocenters. The Balaban J connectivity index is 1.09. The molecule has 0 aliphatic carbocycles. The molecular weight excluding hydrogens is 723 g/mol. The average Bonchev–Trinajstić information content (AvgIpc) is 3.98. The van der Waals surface area contributed by atoms with Gasteiger partial charge in [-0.05, 0) is 30.3 Å². The molecule has 7 aromatic carbocycles. The van der Waals surface area contributed by atoms with Crippen molar-refractivity contribution in [3.8, 4) is 56.8 Å². The molecule has 8 heteroatoms. The first-order valence-electron chi connectivity index (χ1n) is 18.7. The lowest BCUT2D eigenvalue weighted by Crippen LogP contribution is -2.00. The van der Waals surface area contributed by atoms with Crippen molar-refractivity contribution < 1.29 is 8.83 Å². The summed E-state index contributed by atoms with van der Waals surface area (Å²) in [6.07, 6.45) is 0. The highest BCUT2D eigenvalue weighted by Crippen LogP contribution is 2.43. The van der Waals surface area contributed by atoms with Gasteiger partial charge < -0.3 is 8.83 Å². The molecule has 57 heavy (non-hydrogen) atoms. The number of para-hydroxylation sites is 3. The standard InChI is InChI=1S/C49H27N5O2S/c1-3-14-28(15-4-1)41-45-42(32-19-8-10-27-39(32)57-45)51-48(50-41)36-24-12-21-33-40-34(22-13-26-38(40)56-44(33)36)47-52-46(29-16-5-2-6-17-29)53-49(54-47)35-23-11-20-31-30-18-7-9-25-37(30)55-43(31)35/h1-27H. The monoisotopic (exact) mass is 749 g/mol. The Bertz CT molecular complexity index is 3540. The summed E-state index contributed by atoms with van der Waals surface area (Å²) in [5.41, 5.74) is 9.13. The number of aromatic nitrogens is 5. The van der Waals surface area contributed by atoms with Gasteiger partial charge in [0.1, 0.15) is 22.3 Å². The molecule has 5 aromatic heterocycles. The molecule has 0 amide bonds. The quantitative estimate of drug-likeness (QED) is 0.173. The van der Waals surface area contributed by atoms with Gasteiger partial charge in [-0.1, -0.05) is 133 Å². The molecule has 0 spiro atoms. The lowest BCUT2D eigenvalue weighted by atomic mass is 10.0. The van der Waals surface area contributed by atoms with Crippen LogP contribution in [0, 0.1) is 0 Å². The van der Waals surface area contributed by atoms with E-state index in [1.54, 1.807) is 11.3 Å². The summed E-state index contributed by atoms with van der Waals surface area (Å²) >= 11 is 1.72. The fourth-order valence-electron chi connectivity index (χ4n) is 7.97. The van der Waals surface area contributed by atoms with Gasteiger partial charge in [-0.2, -0.15) is 0 Å². The number of nitrogens with zero attached hydrogens (tertiary/aromatic N) is 5. The summed E-state index contributed by atoms with van der Waals surface area (Å²) in [5.74, 6) is 2.21. The number of hydrogen-bond acceptors (Lipinski definition) is 8. The maximum Gasteiger partial charge on any atom is 0.167 e. The molecule has 0 bridgehead atoms. The van der Waals surface area contributed by atoms with Crippen LogP contribution in [0.25, 0.3) is 121 Å². The van der Waals surface area contributed by atoms with Crippen LogP contribution in [0.5, 0.6) is 0 Å². The molecule has 12 aromatic rings. The van der Waals surface area contributed by atoms with E-state index in [9.17, 15) is 0 Å². The Morgan fingerprint density at radius 1 is 0.368 bits per heavy atom. The lowest BCUT2D eigenvalue weighted by Gasteiger charge is -2.09. The fraction of sp³-hybridized carbons (Fsp3) is 0. The third-order valence-corrected chi connectivity index (χ3v) is 11.8. The largest absolute Gasteiger partial charge is 0.455 e. The zero-order chi connectivity index (χ0) is 37.5. The second kappa shape index (κ2) is 12.5. The maximum absolute atomic E-state index is 6.78. The molecule has 0 aliphatic rings. The minimum absolute atomic E-state index is 0.520. The first kappa shape index (κ1) is 31.8.